The van der Waals surface area contributed by atoms with Crippen molar-refractivity contribution in [2.24, 2.45) is 0 Å². The Hall–Kier alpha value is -2.69. The first-order valence-electron chi connectivity index (χ1n) is 6.67. The number of urea groups is 1. The summed E-state index contributed by atoms with van der Waals surface area (Å²) in [6, 6.07) is 14.1. The molecule has 0 heterocycles. The normalized spacial score (nSPS) is 9.81. The van der Waals surface area contributed by atoms with Crippen molar-refractivity contribution in [3.63, 3.8) is 0 Å². The molecule has 5 nitrogen and oxygen atoms in total. The average Bonchev–Trinajstić information content (AvgIpc) is 2.50. The number of rotatable bonds is 5. The largest absolute Gasteiger partial charge is 0.495 e. The third-order valence-electron chi connectivity index (χ3n) is 2.79. The Morgan fingerprint density at radius 1 is 0.952 bits per heavy atom. The van der Waals surface area contributed by atoms with Gasteiger partial charge in [-0.2, -0.15) is 0 Å². The zero-order chi connectivity index (χ0) is 15.1. The zero-order valence-electron chi connectivity index (χ0n) is 12.1. The smallest absolute Gasteiger partial charge is 0.323 e. The Kier molecular flexibility index (Phi) is 5.04. The minimum atomic E-state index is -0.355. The van der Waals surface area contributed by atoms with E-state index in [2.05, 4.69) is 10.6 Å². The van der Waals surface area contributed by atoms with Crippen LogP contribution in [0.4, 0.5) is 16.2 Å². The summed E-state index contributed by atoms with van der Waals surface area (Å²) in [6.07, 6.45) is 0. The molecule has 5 heteroatoms. The van der Waals surface area contributed by atoms with Gasteiger partial charge in [0.15, 0.2) is 0 Å². The molecule has 0 unspecified atom stereocenters. The molecule has 2 aromatic carbocycles. The van der Waals surface area contributed by atoms with Gasteiger partial charge in [0.1, 0.15) is 11.5 Å². The molecule has 2 amide bonds. The summed E-state index contributed by atoms with van der Waals surface area (Å²) >= 11 is 0. The van der Waals surface area contributed by atoms with Gasteiger partial charge in [0.05, 0.1) is 25.1 Å². The molecule has 2 N–H and O–H groups in total. The van der Waals surface area contributed by atoms with Gasteiger partial charge in [0.2, 0.25) is 0 Å². The van der Waals surface area contributed by atoms with Crippen molar-refractivity contribution >= 4 is 17.4 Å². The molecule has 110 valence electrons. The molecule has 21 heavy (non-hydrogen) atoms. The van der Waals surface area contributed by atoms with Crippen molar-refractivity contribution in [2.75, 3.05) is 24.4 Å². The maximum absolute atomic E-state index is 12.1. The minimum absolute atomic E-state index is 0.355. The van der Waals surface area contributed by atoms with Crippen LogP contribution in [-0.2, 0) is 0 Å². The fourth-order valence-corrected chi connectivity index (χ4v) is 1.88. The van der Waals surface area contributed by atoms with Crippen LogP contribution in [0.15, 0.2) is 48.5 Å². The monoisotopic (exact) mass is 286 g/mol. The maximum Gasteiger partial charge on any atom is 0.323 e. The molecule has 0 radical (unpaired) electrons. The van der Waals surface area contributed by atoms with Gasteiger partial charge < -0.3 is 20.1 Å². The summed E-state index contributed by atoms with van der Waals surface area (Å²) in [5.41, 5.74) is 1.22. The molecule has 0 aliphatic rings. The second-order valence-corrected chi connectivity index (χ2v) is 4.21. The standard InChI is InChI=1S/C16H18N2O3/c1-3-21-15-11-7-5-9-13(15)18-16(19)17-12-8-4-6-10-14(12)20-2/h4-11H,3H2,1-2H3,(H2,17,18,19). The summed E-state index contributed by atoms with van der Waals surface area (Å²) in [5, 5.41) is 5.51. The van der Waals surface area contributed by atoms with E-state index in [-0.39, 0.29) is 6.03 Å². The number of carbonyl (C=O) groups is 1. The van der Waals surface area contributed by atoms with Gasteiger partial charge in [-0.25, -0.2) is 4.79 Å². The highest BCUT2D eigenvalue weighted by Gasteiger charge is 2.09. The van der Waals surface area contributed by atoms with Crippen molar-refractivity contribution in [3.05, 3.63) is 48.5 Å². The third-order valence-corrected chi connectivity index (χ3v) is 2.79. The van der Waals surface area contributed by atoms with Crippen LogP contribution in [0.2, 0.25) is 0 Å². The third kappa shape index (κ3) is 3.89. The van der Waals surface area contributed by atoms with Crippen LogP contribution in [0, 0.1) is 0 Å². The fourth-order valence-electron chi connectivity index (χ4n) is 1.88. The Bertz CT molecular complexity index is 614. The lowest BCUT2D eigenvalue weighted by atomic mass is 10.3. The maximum atomic E-state index is 12.1. The molecule has 0 saturated carbocycles. The summed E-state index contributed by atoms with van der Waals surface area (Å²) in [7, 11) is 1.56. The van der Waals surface area contributed by atoms with Gasteiger partial charge in [-0.15, -0.1) is 0 Å². The van der Waals surface area contributed by atoms with E-state index in [1.807, 2.05) is 37.3 Å². The molecule has 0 atom stereocenters. The predicted molar refractivity (Wildman–Crippen MR) is 83.2 cm³/mol. The van der Waals surface area contributed by atoms with E-state index < -0.39 is 0 Å². The number of anilines is 2. The first-order valence-corrected chi connectivity index (χ1v) is 6.67. The highest BCUT2D eigenvalue weighted by atomic mass is 16.5. The SMILES string of the molecule is CCOc1ccccc1NC(=O)Nc1ccccc1OC. The van der Waals surface area contributed by atoms with E-state index in [1.54, 1.807) is 25.3 Å². The first-order chi connectivity index (χ1) is 10.2. The molecule has 0 fully saturated rings. The highest BCUT2D eigenvalue weighted by Crippen LogP contribution is 2.26. The number of hydrogen-bond donors (Lipinski definition) is 2. The summed E-state index contributed by atoms with van der Waals surface area (Å²) in [6.45, 7) is 2.43. The van der Waals surface area contributed by atoms with Gasteiger partial charge in [0, 0.05) is 0 Å². The lowest BCUT2D eigenvalue weighted by Crippen LogP contribution is -2.20. The van der Waals surface area contributed by atoms with E-state index in [9.17, 15) is 4.79 Å². The number of amides is 2. The predicted octanol–water partition coefficient (Wildman–Crippen LogP) is 3.74. The number of hydrogen-bond acceptors (Lipinski definition) is 3. The molecule has 0 aliphatic heterocycles. The van der Waals surface area contributed by atoms with Crippen molar-refractivity contribution in [1.82, 2.24) is 0 Å². The molecule has 0 aliphatic carbocycles. The highest BCUT2D eigenvalue weighted by molar-refractivity contribution is 6.01. The van der Waals surface area contributed by atoms with Gasteiger partial charge in [0.25, 0.3) is 0 Å². The molecular formula is C16H18N2O3. The molecule has 2 aromatic rings. The van der Waals surface area contributed by atoms with Crippen LogP contribution < -0.4 is 20.1 Å². The van der Waals surface area contributed by atoms with Gasteiger partial charge >= 0.3 is 6.03 Å². The molecule has 2 rings (SSSR count). The van der Waals surface area contributed by atoms with Crippen molar-refractivity contribution in [1.29, 1.82) is 0 Å². The van der Waals surface area contributed by atoms with Crippen LogP contribution in [-0.4, -0.2) is 19.7 Å². The Labute approximate surface area is 123 Å². The summed E-state index contributed by atoms with van der Waals surface area (Å²) in [5.74, 6) is 1.24. The van der Waals surface area contributed by atoms with E-state index in [1.165, 1.54) is 0 Å². The number of nitrogens with one attached hydrogen (secondary N) is 2. The first kappa shape index (κ1) is 14.7. The lowest BCUT2D eigenvalue weighted by molar-refractivity contribution is 0.261. The number of carbonyl (C=O) groups excluding carboxylic acids is 1. The number of ether oxygens (including phenoxy) is 2. The second kappa shape index (κ2) is 7.19. The van der Waals surface area contributed by atoms with Crippen LogP contribution in [0.25, 0.3) is 0 Å². The van der Waals surface area contributed by atoms with Crippen molar-refractivity contribution in [3.8, 4) is 11.5 Å². The van der Waals surface area contributed by atoms with E-state index in [0.717, 1.165) is 0 Å². The zero-order valence-corrected chi connectivity index (χ0v) is 12.1. The van der Waals surface area contributed by atoms with Crippen LogP contribution in [0.1, 0.15) is 6.92 Å². The summed E-state index contributed by atoms with van der Waals surface area (Å²) < 4.78 is 10.7. The van der Waals surface area contributed by atoms with Gasteiger partial charge in [-0.3, -0.25) is 0 Å². The van der Waals surface area contributed by atoms with Crippen molar-refractivity contribution in [2.45, 2.75) is 6.92 Å². The number of benzene rings is 2. The number of para-hydroxylation sites is 4. The Balaban J connectivity index is 2.08. The average molecular weight is 286 g/mol. The fraction of sp³-hybridized carbons (Fsp3) is 0.188. The van der Waals surface area contributed by atoms with E-state index in [0.29, 0.717) is 29.5 Å². The Morgan fingerprint density at radius 3 is 2.05 bits per heavy atom. The number of methoxy groups -OCH3 is 1. The van der Waals surface area contributed by atoms with Crippen LogP contribution in [0.3, 0.4) is 0 Å². The van der Waals surface area contributed by atoms with E-state index in [4.69, 9.17) is 9.47 Å². The summed E-state index contributed by atoms with van der Waals surface area (Å²) in [4.78, 5) is 12.1. The molecule has 0 saturated heterocycles. The topological polar surface area (TPSA) is 59.6 Å². The quantitative estimate of drug-likeness (QED) is 0.880. The van der Waals surface area contributed by atoms with Gasteiger partial charge in [-0.1, -0.05) is 24.3 Å². The van der Waals surface area contributed by atoms with Crippen LogP contribution in [0.5, 0.6) is 11.5 Å². The molecule has 0 bridgehead atoms. The molecule has 0 spiro atoms. The Morgan fingerprint density at radius 2 is 1.48 bits per heavy atom. The second-order valence-electron chi connectivity index (χ2n) is 4.21. The van der Waals surface area contributed by atoms with Gasteiger partial charge in [-0.05, 0) is 31.2 Å². The molecular weight excluding hydrogens is 268 g/mol. The van der Waals surface area contributed by atoms with Crippen molar-refractivity contribution < 1.29 is 14.3 Å². The molecule has 0 aromatic heterocycles. The lowest BCUT2D eigenvalue weighted by Gasteiger charge is -2.13. The van der Waals surface area contributed by atoms with Crippen LogP contribution >= 0.6 is 0 Å². The van der Waals surface area contributed by atoms with E-state index >= 15 is 0 Å². The minimum Gasteiger partial charge on any atom is -0.495 e.